The van der Waals surface area contributed by atoms with Crippen molar-refractivity contribution in [3.8, 4) is 0 Å². The van der Waals surface area contributed by atoms with Gasteiger partial charge in [-0.25, -0.2) is 0 Å². The van der Waals surface area contributed by atoms with Gasteiger partial charge >= 0.3 is 17.9 Å². The van der Waals surface area contributed by atoms with Gasteiger partial charge in [0.15, 0.2) is 6.10 Å². The van der Waals surface area contributed by atoms with Gasteiger partial charge in [0, 0.05) is 19.3 Å². The van der Waals surface area contributed by atoms with Crippen molar-refractivity contribution < 1.29 is 28.6 Å². The van der Waals surface area contributed by atoms with Crippen molar-refractivity contribution in [2.24, 2.45) is 0 Å². The molecule has 83 heavy (non-hydrogen) atoms. The maximum atomic E-state index is 12.9. The SMILES string of the molecule is CC/C=C\C/C=C\C/C=C\C/C=C\CCCCCCCCCCC(=O)OC(COC(=O)CCCCCCC/C=C\CCCC)COC(=O)CCCCCCCCCCCCCCCCCCCC/C=C\C/C=C\C/C=C\CCCCCCC. The van der Waals surface area contributed by atoms with Gasteiger partial charge in [0.1, 0.15) is 13.2 Å². The van der Waals surface area contributed by atoms with Gasteiger partial charge < -0.3 is 14.2 Å². The highest BCUT2D eigenvalue weighted by molar-refractivity contribution is 5.71. The fourth-order valence-electron chi connectivity index (χ4n) is 10.2. The van der Waals surface area contributed by atoms with Gasteiger partial charge in [0.25, 0.3) is 0 Å². The van der Waals surface area contributed by atoms with E-state index in [4.69, 9.17) is 14.2 Å². The van der Waals surface area contributed by atoms with Gasteiger partial charge in [0.05, 0.1) is 0 Å². The minimum Gasteiger partial charge on any atom is -0.462 e. The van der Waals surface area contributed by atoms with Gasteiger partial charge in [-0.15, -0.1) is 0 Å². The van der Waals surface area contributed by atoms with Crippen LogP contribution in [-0.2, 0) is 28.6 Å². The number of unbranched alkanes of at least 4 members (excludes halogenated alkanes) is 38. The molecule has 0 radical (unpaired) electrons. The summed E-state index contributed by atoms with van der Waals surface area (Å²) in [6, 6.07) is 0. The fraction of sp³-hybridized carbons (Fsp3) is 0.753. The van der Waals surface area contributed by atoms with Crippen LogP contribution in [0.25, 0.3) is 0 Å². The number of hydrogen-bond acceptors (Lipinski definition) is 6. The minimum atomic E-state index is -0.786. The first-order valence-electron chi connectivity index (χ1n) is 35.7. The summed E-state index contributed by atoms with van der Waals surface area (Å²) in [6.07, 6.45) is 95.9. The lowest BCUT2D eigenvalue weighted by Gasteiger charge is -2.18. The second kappa shape index (κ2) is 70.8. The van der Waals surface area contributed by atoms with Crippen LogP contribution in [0.15, 0.2) is 97.2 Å². The lowest BCUT2D eigenvalue weighted by atomic mass is 10.0. The molecule has 0 fully saturated rings. The maximum absolute atomic E-state index is 12.9. The van der Waals surface area contributed by atoms with E-state index in [0.29, 0.717) is 19.3 Å². The zero-order chi connectivity index (χ0) is 59.9. The summed E-state index contributed by atoms with van der Waals surface area (Å²) < 4.78 is 16.9. The monoisotopic (exact) mass is 1160 g/mol. The third-order valence-electron chi connectivity index (χ3n) is 15.5. The predicted molar refractivity (Wildman–Crippen MR) is 362 cm³/mol. The van der Waals surface area contributed by atoms with Crippen molar-refractivity contribution in [3.05, 3.63) is 97.2 Å². The highest BCUT2D eigenvalue weighted by atomic mass is 16.6. The number of esters is 3. The Hall–Kier alpha value is -3.67. The second-order valence-electron chi connectivity index (χ2n) is 23.8. The first kappa shape index (κ1) is 79.3. The minimum absolute atomic E-state index is 0.0808. The molecular weight excluding hydrogens is 1020 g/mol. The topological polar surface area (TPSA) is 78.9 Å². The Morgan fingerprint density at radius 2 is 0.482 bits per heavy atom. The van der Waals surface area contributed by atoms with Crippen molar-refractivity contribution in [2.45, 2.75) is 361 Å². The van der Waals surface area contributed by atoms with Crippen LogP contribution in [0.3, 0.4) is 0 Å². The Morgan fingerprint density at radius 3 is 0.783 bits per heavy atom. The molecule has 0 aliphatic heterocycles. The normalized spacial score (nSPS) is 12.7. The summed E-state index contributed by atoms with van der Waals surface area (Å²) in [5.41, 5.74) is 0. The van der Waals surface area contributed by atoms with Crippen LogP contribution >= 0.6 is 0 Å². The zero-order valence-electron chi connectivity index (χ0n) is 54.9. The van der Waals surface area contributed by atoms with Crippen molar-refractivity contribution >= 4 is 17.9 Å². The Balaban J connectivity index is 4.16. The Bertz CT molecular complexity index is 1610. The molecule has 0 aromatic carbocycles. The average Bonchev–Trinajstić information content (AvgIpc) is 3.48. The Labute approximate surface area is 515 Å². The first-order valence-corrected chi connectivity index (χ1v) is 35.7. The molecule has 0 N–H and O–H groups in total. The van der Waals surface area contributed by atoms with Crippen LogP contribution in [0.5, 0.6) is 0 Å². The standard InChI is InChI=1S/C77H134O6/c1-4-7-10-13-16-19-22-24-26-28-30-32-33-34-35-36-37-38-39-40-41-42-43-45-46-48-50-52-55-58-61-64-67-70-76(79)82-73-74(72-81-75(78)69-66-63-60-57-54-21-18-15-12-9-6-3)83-77(80)71-68-65-62-59-56-53-51-49-47-44-31-29-27-25-23-20-17-14-11-8-5-2/h8,11,15,17-18,20,22,24-25,27-28,30-31,33-34,44,74H,4-7,9-10,12-14,16,19,21,23,26,29,32,35-43,45-73H2,1-3H3/b11-8-,18-15-,20-17-,24-22-,27-25-,30-28-,34-33-,44-31-. The molecule has 0 aromatic heterocycles. The number of hydrogen-bond donors (Lipinski definition) is 0. The van der Waals surface area contributed by atoms with E-state index in [-0.39, 0.29) is 31.1 Å². The van der Waals surface area contributed by atoms with Crippen LogP contribution in [0.1, 0.15) is 355 Å². The molecule has 6 nitrogen and oxygen atoms in total. The first-order chi connectivity index (χ1) is 41.0. The predicted octanol–water partition coefficient (Wildman–Crippen LogP) is 24.8. The molecular formula is C77H134O6. The maximum Gasteiger partial charge on any atom is 0.306 e. The molecule has 0 saturated heterocycles. The van der Waals surface area contributed by atoms with E-state index >= 15 is 0 Å². The molecule has 0 saturated carbocycles. The number of allylic oxidation sites excluding steroid dienone is 16. The smallest absolute Gasteiger partial charge is 0.306 e. The molecule has 478 valence electrons. The van der Waals surface area contributed by atoms with E-state index in [1.807, 2.05) is 0 Å². The molecule has 0 aliphatic carbocycles. The lowest BCUT2D eigenvalue weighted by Crippen LogP contribution is -2.30. The lowest BCUT2D eigenvalue weighted by molar-refractivity contribution is -0.167. The molecule has 0 bridgehead atoms. The van der Waals surface area contributed by atoms with E-state index in [1.165, 1.54) is 205 Å². The van der Waals surface area contributed by atoms with Gasteiger partial charge in [-0.05, 0) is 116 Å². The zero-order valence-corrected chi connectivity index (χ0v) is 54.9. The van der Waals surface area contributed by atoms with E-state index in [2.05, 4.69) is 118 Å². The number of carbonyl (C=O) groups excluding carboxylic acids is 3. The highest BCUT2D eigenvalue weighted by Gasteiger charge is 2.19. The van der Waals surface area contributed by atoms with Gasteiger partial charge in [-0.1, -0.05) is 317 Å². The quantitative estimate of drug-likeness (QED) is 0.0261. The van der Waals surface area contributed by atoms with Crippen molar-refractivity contribution in [1.82, 2.24) is 0 Å². The van der Waals surface area contributed by atoms with E-state index < -0.39 is 6.10 Å². The van der Waals surface area contributed by atoms with Crippen LogP contribution in [-0.4, -0.2) is 37.2 Å². The number of rotatable bonds is 65. The molecule has 0 spiro atoms. The van der Waals surface area contributed by atoms with Crippen molar-refractivity contribution in [3.63, 3.8) is 0 Å². The van der Waals surface area contributed by atoms with Crippen LogP contribution in [0.2, 0.25) is 0 Å². The van der Waals surface area contributed by atoms with Crippen LogP contribution < -0.4 is 0 Å². The third kappa shape index (κ3) is 69.0. The molecule has 1 unspecified atom stereocenters. The van der Waals surface area contributed by atoms with E-state index in [0.717, 1.165) is 109 Å². The molecule has 0 heterocycles. The average molecular weight is 1160 g/mol. The van der Waals surface area contributed by atoms with Gasteiger partial charge in [0.2, 0.25) is 0 Å². The number of ether oxygens (including phenoxy) is 3. The summed E-state index contributed by atoms with van der Waals surface area (Å²) in [7, 11) is 0. The van der Waals surface area contributed by atoms with Crippen molar-refractivity contribution in [2.75, 3.05) is 13.2 Å². The second-order valence-corrected chi connectivity index (χ2v) is 23.8. The third-order valence-corrected chi connectivity index (χ3v) is 15.5. The number of carbonyl (C=O) groups is 3. The summed E-state index contributed by atoms with van der Waals surface area (Å²) >= 11 is 0. The van der Waals surface area contributed by atoms with Crippen LogP contribution in [0, 0.1) is 0 Å². The summed E-state index contributed by atoms with van der Waals surface area (Å²) in [6.45, 7) is 6.50. The summed E-state index contributed by atoms with van der Waals surface area (Å²) in [4.78, 5) is 38.4. The fourth-order valence-corrected chi connectivity index (χ4v) is 10.2. The highest BCUT2D eigenvalue weighted by Crippen LogP contribution is 2.17. The van der Waals surface area contributed by atoms with E-state index in [9.17, 15) is 14.4 Å². The Kier molecular flexibility index (Phi) is 67.7. The van der Waals surface area contributed by atoms with E-state index in [1.54, 1.807) is 0 Å². The molecule has 0 aromatic rings. The summed E-state index contributed by atoms with van der Waals surface area (Å²) in [5, 5.41) is 0. The van der Waals surface area contributed by atoms with Crippen molar-refractivity contribution in [1.29, 1.82) is 0 Å². The van der Waals surface area contributed by atoms with Gasteiger partial charge in [-0.3, -0.25) is 14.4 Å². The van der Waals surface area contributed by atoms with Gasteiger partial charge in [-0.2, -0.15) is 0 Å². The Morgan fingerprint density at radius 1 is 0.253 bits per heavy atom. The molecule has 0 amide bonds. The van der Waals surface area contributed by atoms with Crippen LogP contribution in [0.4, 0.5) is 0 Å². The largest absolute Gasteiger partial charge is 0.462 e. The molecule has 0 rings (SSSR count). The molecule has 1 atom stereocenters. The summed E-state index contributed by atoms with van der Waals surface area (Å²) in [5.74, 6) is -0.885. The molecule has 6 heteroatoms. The molecule has 0 aliphatic rings.